The molecule has 1 saturated carbocycles. The molecule has 1 N–H and O–H groups in total. The summed E-state index contributed by atoms with van der Waals surface area (Å²) in [6.07, 6.45) is 2.80. The van der Waals surface area contributed by atoms with E-state index in [2.05, 4.69) is 0 Å². The first-order chi connectivity index (χ1) is 6.74. The first kappa shape index (κ1) is 9.06. The van der Waals surface area contributed by atoms with Crippen LogP contribution >= 0.6 is 0 Å². The van der Waals surface area contributed by atoms with Gasteiger partial charge in [0.15, 0.2) is 0 Å². The van der Waals surface area contributed by atoms with Crippen LogP contribution in [-0.4, -0.2) is 11.1 Å². The summed E-state index contributed by atoms with van der Waals surface area (Å²) in [6, 6.07) is 6.17. The Morgan fingerprint density at radius 2 is 2.00 bits per heavy atom. The quantitative estimate of drug-likeness (QED) is 0.589. The molecule has 1 aromatic carbocycles. The molecule has 0 heterocycles. The van der Waals surface area contributed by atoms with Crippen LogP contribution in [0.2, 0.25) is 0 Å². The van der Waals surface area contributed by atoms with E-state index < -0.39 is 0 Å². The lowest BCUT2D eigenvalue weighted by Gasteiger charge is -2.02. The van der Waals surface area contributed by atoms with E-state index in [1.807, 2.05) is 0 Å². The lowest BCUT2D eigenvalue weighted by Crippen LogP contribution is -2.08. The number of ether oxygens (including phenoxy) is 1. The smallest absolute Gasteiger partial charge is 0.311 e. The van der Waals surface area contributed by atoms with Crippen molar-refractivity contribution in [3.63, 3.8) is 0 Å². The molecule has 3 heteroatoms. The third-order valence-electron chi connectivity index (χ3n) is 2.22. The third kappa shape index (κ3) is 2.49. The number of aromatic hydroxyl groups is 1. The fraction of sp³-hybridized carbons (Fsp3) is 0.364. The van der Waals surface area contributed by atoms with Gasteiger partial charge >= 0.3 is 5.97 Å². The highest BCUT2D eigenvalue weighted by molar-refractivity contribution is 5.72. The number of phenolic OH excluding ortho intramolecular Hbond substituents is 1. The van der Waals surface area contributed by atoms with Crippen molar-refractivity contribution in [2.45, 2.75) is 19.3 Å². The van der Waals surface area contributed by atoms with Gasteiger partial charge in [-0.1, -0.05) is 0 Å². The average molecular weight is 192 g/mol. The fourth-order valence-electron chi connectivity index (χ4n) is 1.24. The molecule has 0 unspecified atom stereocenters. The molecule has 0 amide bonds. The summed E-state index contributed by atoms with van der Waals surface area (Å²) in [4.78, 5) is 11.3. The number of carbonyl (C=O) groups excluding carboxylic acids is 1. The van der Waals surface area contributed by atoms with E-state index in [-0.39, 0.29) is 11.7 Å². The molecule has 1 aliphatic rings. The van der Waals surface area contributed by atoms with Crippen molar-refractivity contribution in [3.8, 4) is 11.5 Å². The van der Waals surface area contributed by atoms with Crippen molar-refractivity contribution < 1.29 is 14.6 Å². The minimum atomic E-state index is -0.182. The molecule has 0 radical (unpaired) electrons. The zero-order valence-corrected chi connectivity index (χ0v) is 7.77. The van der Waals surface area contributed by atoms with Gasteiger partial charge in [-0.05, 0) is 43.0 Å². The number of benzene rings is 1. The molecule has 1 aliphatic carbocycles. The molecule has 0 saturated heterocycles. The van der Waals surface area contributed by atoms with E-state index >= 15 is 0 Å². The second kappa shape index (κ2) is 3.70. The van der Waals surface area contributed by atoms with Crippen LogP contribution in [0.4, 0.5) is 0 Å². The number of phenols is 1. The van der Waals surface area contributed by atoms with Crippen LogP contribution in [0.3, 0.4) is 0 Å². The number of hydrogen-bond acceptors (Lipinski definition) is 3. The van der Waals surface area contributed by atoms with Crippen molar-refractivity contribution in [2.75, 3.05) is 0 Å². The summed E-state index contributed by atoms with van der Waals surface area (Å²) in [5, 5.41) is 9.01. The molecule has 14 heavy (non-hydrogen) atoms. The van der Waals surface area contributed by atoms with Crippen LogP contribution in [0.1, 0.15) is 19.3 Å². The standard InChI is InChI=1S/C11H12O3/c12-9-3-5-10(6-4-9)14-11(13)7-8-1-2-8/h3-6,8,12H,1-2,7H2. The lowest BCUT2D eigenvalue weighted by atomic mass is 10.3. The first-order valence-electron chi connectivity index (χ1n) is 4.74. The van der Waals surface area contributed by atoms with Crippen molar-refractivity contribution in [2.24, 2.45) is 5.92 Å². The highest BCUT2D eigenvalue weighted by Crippen LogP contribution is 2.32. The molecule has 74 valence electrons. The summed E-state index contributed by atoms with van der Waals surface area (Å²) >= 11 is 0. The van der Waals surface area contributed by atoms with Crippen LogP contribution < -0.4 is 4.74 Å². The van der Waals surface area contributed by atoms with Crippen molar-refractivity contribution in [1.82, 2.24) is 0 Å². The number of carbonyl (C=O) groups is 1. The van der Waals surface area contributed by atoms with E-state index in [1.54, 1.807) is 12.1 Å². The summed E-state index contributed by atoms with van der Waals surface area (Å²) in [5.74, 6) is 1.03. The van der Waals surface area contributed by atoms with Gasteiger partial charge in [-0.25, -0.2) is 0 Å². The Labute approximate surface area is 82.3 Å². The molecule has 0 aliphatic heterocycles. The van der Waals surface area contributed by atoms with Gasteiger partial charge in [-0.15, -0.1) is 0 Å². The molecule has 0 bridgehead atoms. The molecule has 0 aromatic heterocycles. The van der Waals surface area contributed by atoms with Crippen molar-refractivity contribution >= 4 is 5.97 Å². The zero-order valence-electron chi connectivity index (χ0n) is 7.77. The molecule has 0 spiro atoms. The fourth-order valence-corrected chi connectivity index (χ4v) is 1.24. The third-order valence-corrected chi connectivity index (χ3v) is 2.22. The molecular weight excluding hydrogens is 180 g/mol. The van der Waals surface area contributed by atoms with Gasteiger partial charge in [0.2, 0.25) is 0 Å². The van der Waals surface area contributed by atoms with E-state index in [1.165, 1.54) is 12.1 Å². The predicted molar refractivity (Wildman–Crippen MR) is 51.1 cm³/mol. The normalized spacial score (nSPS) is 15.1. The molecular formula is C11H12O3. The van der Waals surface area contributed by atoms with Crippen molar-refractivity contribution in [3.05, 3.63) is 24.3 Å². The number of esters is 1. The highest BCUT2D eigenvalue weighted by Gasteiger charge is 2.25. The average Bonchev–Trinajstić information content (AvgIpc) is 2.93. The predicted octanol–water partition coefficient (Wildman–Crippen LogP) is 2.10. The Balaban J connectivity index is 1.89. The van der Waals surface area contributed by atoms with Gasteiger partial charge in [0, 0.05) is 6.42 Å². The lowest BCUT2D eigenvalue weighted by molar-refractivity contribution is -0.134. The second-order valence-corrected chi connectivity index (χ2v) is 3.62. The van der Waals surface area contributed by atoms with Crippen LogP contribution in [0.15, 0.2) is 24.3 Å². The summed E-state index contributed by atoms with van der Waals surface area (Å²) in [7, 11) is 0. The number of hydrogen-bond donors (Lipinski definition) is 1. The van der Waals surface area contributed by atoms with Gasteiger partial charge in [-0.3, -0.25) is 4.79 Å². The molecule has 2 rings (SSSR count). The molecule has 1 fully saturated rings. The monoisotopic (exact) mass is 192 g/mol. The minimum Gasteiger partial charge on any atom is -0.508 e. The van der Waals surface area contributed by atoms with E-state index in [9.17, 15) is 4.79 Å². The Hall–Kier alpha value is -1.51. The van der Waals surface area contributed by atoms with Gasteiger partial charge < -0.3 is 9.84 Å². The van der Waals surface area contributed by atoms with Crippen LogP contribution in [-0.2, 0) is 4.79 Å². The Bertz CT molecular complexity index is 325. The first-order valence-corrected chi connectivity index (χ1v) is 4.74. The van der Waals surface area contributed by atoms with Crippen LogP contribution in [0.5, 0.6) is 11.5 Å². The molecule has 3 nitrogen and oxygen atoms in total. The Morgan fingerprint density at radius 3 is 2.57 bits per heavy atom. The SMILES string of the molecule is O=C(CC1CC1)Oc1ccc(O)cc1. The molecule has 1 aromatic rings. The van der Waals surface area contributed by atoms with E-state index in [0.29, 0.717) is 18.1 Å². The maximum atomic E-state index is 11.3. The van der Waals surface area contributed by atoms with E-state index in [0.717, 1.165) is 12.8 Å². The Morgan fingerprint density at radius 1 is 1.36 bits per heavy atom. The second-order valence-electron chi connectivity index (χ2n) is 3.62. The zero-order chi connectivity index (χ0) is 9.97. The van der Waals surface area contributed by atoms with Gasteiger partial charge in [0.1, 0.15) is 11.5 Å². The summed E-state index contributed by atoms with van der Waals surface area (Å²) in [5.41, 5.74) is 0. The van der Waals surface area contributed by atoms with Gasteiger partial charge in [-0.2, -0.15) is 0 Å². The van der Waals surface area contributed by atoms with Crippen LogP contribution in [0, 0.1) is 5.92 Å². The van der Waals surface area contributed by atoms with Gasteiger partial charge in [0.25, 0.3) is 0 Å². The topological polar surface area (TPSA) is 46.5 Å². The van der Waals surface area contributed by atoms with Crippen molar-refractivity contribution in [1.29, 1.82) is 0 Å². The highest BCUT2D eigenvalue weighted by atomic mass is 16.5. The van der Waals surface area contributed by atoms with E-state index in [4.69, 9.17) is 9.84 Å². The largest absolute Gasteiger partial charge is 0.508 e. The maximum absolute atomic E-state index is 11.3. The number of rotatable bonds is 3. The summed E-state index contributed by atoms with van der Waals surface area (Å²) < 4.78 is 5.07. The maximum Gasteiger partial charge on any atom is 0.311 e. The Kier molecular flexibility index (Phi) is 2.39. The molecule has 0 atom stereocenters. The van der Waals surface area contributed by atoms with Crippen LogP contribution in [0.25, 0.3) is 0 Å². The van der Waals surface area contributed by atoms with Gasteiger partial charge in [0.05, 0.1) is 0 Å². The minimum absolute atomic E-state index is 0.173. The summed E-state index contributed by atoms with van der Waals surface area (Å²) in [6.45, 7) is 0.